The number of nitrogens with zero attached hydrogens (tertiary/aromatic N) is 3. The maximum absolute atomic E-state index is 12.5. The van der Waals surface area contributed by atoms with Crippen LogP contribution in [-0.4, -0.2) is 36.1 Å². The molecule has 0 atom stereocenters. The van der Waals surface area contributed by atoms with Crippen molar-refractivity contribution in [3.8, 4) is 11.5 Å². The number of benzene rings is 2. The Labute approximate surface area is 155 Å². The molecule has 0 aliphatic carbocycles. The monoisotopic (exact) mass is 366 g/mol. The van der Waals surface area contributed by atoms with Crippen LogP contribution in [0.15, 0.2) is 52.4 Å². The van der Waals surface area contributed by atoms with E-state index >= 15 is 0 Å². The molecule has 8 heteroatoms. The third kappa shape index (κ3) is 3.50. The first-order valence-electron chi connectivity index (χ1n) is 8.07. The van der Waals surface area contributed by atoms with Crippen molar-refractivity contribution in [3.05, 3.63) is 64.1 Å². The Morgan fingerprint density at radius 1 is 1.11 bits per heavy atom. The van der Waals surface area contributed by atoms with E-state index in [-0.39, 0.29) is 11.3 Å². The first kappa shape index (κ1) is 18.1. The number of amides is 1. The standard InChI is InChI=1S/C19H18N4O4/c1-23-19(25)14-9-5-4-8-13(14)16(22-23)18(24)21-20-11-12-7-6-10-15(26-2)17(12)27-3/h4-11H,1-3H3,(H,21,24)/b20-11+. The van der Waals surface area contributed by atoms with E-state index in [4.69, 9.17) is 9.47 Å². The molecule has 0 spiro atoms. The van der Waals surface area contributed by atoms with Crippen molar-refractivity contribution in [1.29, 1.82) is 0 Å². The quantitative estimate of drug-likeness (QED) is 0.548. The molecule has 2 aromatic carbocycles. The van der Waals surface area contributed by atoms with Crippen LogP contribution in [0, 0.1) is 0 Å². The number of aromatic nitrogens is 2. The summed E-state index contributed by atoms with van der Waals surface area (Å²) in [4.78, 5) is 24.7. The van der Waals surface area contributed by atoms with Crippen LogP contribution in [0.2, 0.25) is 0 Å². The van der Waals surface area contributed by atoms with Gasteiger partial charge in [-0.15, -0.1) is 0 Å². The highest BCUT2D eigenvalue weighted by Gasteiger charge is 2.15. The number of nitrogens with one attached hydrogen (secondary N) is 1. The summed E-state index contributed by atoms with van der Waals surface area (Å²) in [6, 6.07) is 12.1. The minimum atomic E-state index is -0.528. The van der Waals surface area contributed by atoms with Crippen LogP contribution in [0.3, 0.4) is 0 Å². The highest BCUT2D eigenvalue weighted by atomic mass is 16.5. The molecule has 0 fully saturated rings. The molecular weight excluding hydrogens is 348 g/mol. The lowest BCUT2D eigenvalue weighted by molar-refractivity contribution is 0.0950. The zero-order valence-electron chi connectivity index (χ0n) is 15.1. The van der Waals surface area contributed by atoms with Gasteiger partial charge in [-0.05, 0) is 18.2 Å². The molecule has 27 heavy (non-hydrogen) atoms. The number of hydrogen-bond donors (Lipinski definition) is 1. The Kier molecular flexibility index (Phi) is 5.16. The SMILES string of the molecule is COc1cccc(/C=N/NC(=O)c2nn(C)c(=O)c3ccccc23)c1OC. The summed E-state index contributed by atoms with van der Waals surface area (Å²) in [5.41, 5.74) is 2.91. The second-order valence-electron chi connectivity index (χ2n) is 5.60. The van der Waals surface area contributed by atoms with Crippen molar-refractivity contribution in [3.63, 3.8) is 0 Å². The normalized spacial score (nSPS) is 10.9. The predicted octanol–water partition coefficient (Wildman–Crippen LogP) is 1.71. The molecule has 138 valence electrons. The highest BCUT2D eigenvalue weighted by Crippen LogP contribution is 2.29. The second kappa shape index (κ2) is 7.69. The minimum absolute atomic E-state index is 0.113. The summed E-state index contributed by atoms with van der Waals surface area (Å²) in [5, 5.41) is 8.91. The lowest BCUT2D eigenvalue weighted by Gasteiger charge is -2.09. The molecule has 0 aliphatic heterocycles. The average Bonchev–Trinajstić information content (AvgIpc) is 2.70. The zero-order valence-corrected chi connectivity index (χ0v) is 15.1. The van der Waals surface area contributed by atoms with Gasteiger partial charge >= 0.3 is 0 Å². The van der Waals surface area contributed by atoms with Crippen molar-refractivity contribution >= 4 is 22.9 Å². The van der Waals surface area contributed by atoms with Crippen LogP contribution in [0.25, 0.3) is 10.8 Å². The molecule has 0 saturated heterocycles. The summed E-state index contributed by atoms with van der Waals surface area (Å²) in [6.07, 6.45) is 1.45. The van der Waals surface area contributed by atoms with E-state index in [0.29, 0.717) is 27.8 Å². The molecule has 1 amide bonds. The molecule has 3 rings (SSSR count). The van der Waals surface area contributed by atoms with Crippen molar-refractivity contribution in [2.45, 2.75) is 0 Å². The van der Waals surface area contributed by atoms with Gasteiger partial charge in [0, 0.05) is 18.0 Å². The van der Waals surface area contributed by atoms with Crippen LogP contribution in [0.1, 0.15) is 16.1 Å². The lowest BCUT2D eigenvalue weighted by Crippen LogP contribution is -2.27. The van der Waals surface area contributed by atoms with Crippen LogP contribution >= 0.6 is 0 Å². The van der Waals surface area contributed by atoms with E-state index in [1.807, 2.05) is 0 Å². The lowest BCUT2D eigenvalue weighted by atomic mass is 10.1. The summed E-state index contributed by atoms with van der Waals surface area (Å²) in [6.45, 7) is 0. The van der Waals surface area contributed by atoms with Gasteiger partial charge in [-0.3, -0.25) is 9.59 Å². The Bertz CT molecular complexity index is 1090. The third-order valence-electron chi connectivity index (χ3n) is 3.97. The van der Waals surface area contributed by atoms with Crippen LogP contribution in [-0.2, 0) is 7.05 Å². The van der Waals surface area contributed by atoms with E-state index in [9.17, 15) is 9.59 Å². The molecule has 3 aromatic rings. The van der Waals surface area contributed by atoms with Gasteiger partial charge in [-0.1, -0.05) is 24.3 Å². The minimum Gasteiger partial charge on any atom is -0.493 e. The number of carbonyl (C=O) groups is 1. The molecule has 0 bridgehead atoms. The Morgan fingerprint density at radius 2 is 1.85 bits per heavy atom. The van der Waals surface area contributed by atoms with Crippen molar-refractivity contribution < 1.29 is 14.3 Å². The van der Waals surface area contributed by atoms with Crippen LogP contribution in [0.4, 0.5) is 0 Å². The van der Waals surface area contributed by atoms with Gasteiger partial charge in [0.05, 0.1) is 25.8 Å². The Balaban J connectivity index is 1.90. The van der Waals surface area contributed by atoms with Gasteiger partial charge in [-0.2, -0.15) is 10.2 Å². The van der Waals surface area contributed by atoms with Crippen LogP contribution < -0.4 is 20.5 Å². The smallest absolute Gasteiger partial charge is 0.292 e. The van der Waals surface area contributed by atoms with Crippen molar-refractivity contribution in [2.75, 3.05) is 14.2 Å². The fourth-order valence-electron chi connectivity index (χ4n) is 2.69. The highest BCUT2D eigenvalue weighted by molar-refractivity contribution is 6.05. The number of carbonyl (C=O) groups excluding carboxylic acids is 1. The Hall–Kier alpha value is -3.68. The number of aryl methyl sites for hydroxylation is 1. The molecule has 1 heterocycles. The summed E-state index contributed by atoms with van der Waals surface area (Å²) < 4.78 is 11.7. The number of para-hydroxylation sites is 1. The van der Waals surface area contributed by atoms with Gasteiger partial charge in [0.25, 0.3) is 11.5 Å². The maximum atomic E-state index is 12.5. The molecule has 0 saturated carbocycles. The van der Waals surface area contributed by atoms with Crippen molar-refractivity contribution in [1.82, 2.24) is 15.2 Å². The number of ether oxygens (including phenoxy) is 2. The molecule has 1 aromatic heterocycles. The van der Waals surface area contributed by atoms with Gasteiger partial charge in [0.15, 0.2) is 17.2 Å². The molecule has 0 radical (unpaired) electrons. The fraction of sp³-hybridized carbons (Fsp3) is 0.158. The number of fused-ring (bicyclic) bond motifs is 1. The molecular formula is C19H18N4O4. The largest absolute Gasteiger partial charge is 0.493 e. The van der Waals surface area contributed by atoms with Gasteiger partial charge < -0.3 is 9.47 Å². The maximum Gasteiger partial charge on any atom is 0.292 e. The van der Waals surface area contributed by atoms with E-state index in [1.54, 1.807) is 42.5 Å². The molecule has 8 nitrogen and oxygen atoms in total. The predicted molar refractivity (Wildman–Crippen MR) is 102 cm³/mol. The van der Waals surface area contributed by atoms with E-state index < -0.39 is 5.91 Å². The topological polar surface area (TPSA) is 94.8 Å². The van der Waals surface area contributed by atoms with Gasteiger partial charge in [-0.25, -0.2) is 10.1 Å². The summed E-state index contributed by atoms with van der Waals surface area (Å²) in [7, 11) is 4.56. The summed E-state index contributed by atoms with van der Waals surface area (Å²) >= 11 is 0. The number of methoxy groups -OCH3 is 2. The molecule has 0 unspecified atom stereocenters. The second-order valence-corrected chi connectivity index (χ2v) is 5.60. The molecule has 1 N–H and O–H groups in total. The summed E-state index contributed by atoms with van der Waals surface area (Å²) in [5.74, 6) is 0.530. The number of hydrogen-bond acceptors (Lipinski definition) is 6. The first-order chi connectivity index (χ1) is 13.1. The third-order valence-corrected chi connectivity index (χ3v) is 3.97. The van der Waals surface area contributed by atoms with E-state index in [0.717, 1.165) is 4.68 Å². The first-order valence-corrected chi connectivity index (χ1v) is 8.07. The zero-order chi connectivity index (χ0) is 19.4. The Morgan fingerprint density at radius 3 is 2.56 bits per heavy atom. The van der Waals surface area contributed by atoms with Gasteiger partial charge in [0.2, 0.25) is 0 Å². The van der Waals surface area contributed by atoms with Crippen LogP contribution in [0.5, 0.6) is 11.5 Å². The fourth-order valence-corrected chi connectivity index (χ4v) is 2.69. The van der Waals surface area contributed by atoms with Crippen molar-refractivity contribution in [2.24, 2.45) is 12.1 Å². The van der Waals surface area contributed by atoms with E-state index in [2.05, 4.69) is 15.6 Å². The van der Waals surface area contributed by atoms with Gasteiger partial charge in [0.1, 0.15) is 0 Å². The number of hydrazone groups is 1. The van der Waals surface area contributed by atoms with E-state index in [1.165, 1.54) is 27.5 Å². The number of rotatable bonds is 5. The molecule has 0 aliphatic rings. The average molecular weight is 366 g/mol.